The van der Waals surface area contributed by atoms with Gasteiger partial charge in [0.2, 0.25) is 0 Å². The predicted molar refractivity (Wildman–Crippen MR) is 151 cm³/mol. The van der Waals surface area contributed by atoms with Crippen LogP contribution in [0.2, 0.25) is 0 Å². The third-order valence-electron chi connectivity index (χ3n) is 11.0. The van der Waals surface area contributed by atoms with Gasteiger partial charge >= 0.3 is 12.1 Å². The fourth-order valence-electron chi connectivity index (χ4n) is 8.78. The van der Waals surface area contributed by atoms with Gasteiger partial charge in [0.1, 0.15) is 0 Å². The Balaban J connectivity index is 1.12. The van der Waals surface area contributed by atoms with Crippen molar-refractivity contribution in [1.82, 2.24) is 0 Å². The van der Waals surface area contributed by atoms with Crippen molar-refractivity contribution >= 4 is 17.5 Å². The minimum atomic E-state index is -5.44. The summed E-state index contributed by atoms with van der Waals surface area (Å²) in [5.41, 5.74) is 1.49. The van der Waals surface area contributed by atoms with Gasteiger partial charge in [-0.25, -0.2) is 0 Å². The summed E-state index contributed by atoms with van der Waals surface area (Å²) >= 11 is 1.47. The molecule has 230 valence electrons. The van der Waals surface area contributed by atoms with Crippen molar-refractivity contribution < 1.29 is 31.9 Å². The summed E-state index contributed by atoms with van der Waals surface area (Å²) in [6, 6.07) is 0. The van der Waals surface area contributed by atoms with E-state index < -0.39 is 18.5 Å². The van der Waals surface area contributed by atoms with Crippen molar-refractivity contribution in [3.05, 3.63) is 11.6 Å². The van der Waals surface area contributed by atoms with Gasteiger partial charge in [-0.1, -0.05) is 51.0 Å². The number of carbonyl (C=O) groups excluding carboxylic acids is 1. The average Bonchev–Trinajstić information content (AvgIpc) is 3.19. The maximum absolute atomic E-state index is 12.9. The first-order chi connectivity index (χ1) is 18.9. The molecule has 8 heteroatoms. The molecule has 2 nitrogen and oxygen atoms in total. The lowest BCUT2D eigenvalue weighted by Crippen LogP contribution is -2.50. The van der Waals surface area contributed by atoms with Crippen LogP contribution in [0.3, 0.4) is 0 Å². The number of fused-ring (bicyclic) bond motifs is 5. The first-order valence-corrected chi connectivity index (χ1v) is 17.0. The SMILES string of the molecule is C[C@]12CC[C@H]3[C@@H]([C@H](CCCCCCCCCSCCCC(F)(F)C(F)(F)F)CC4=CC(=O)CC[C@@H]43)[C@@H]1CC[C@@H]2O. The Labute approximate surface area is 241 Å². The summed E-state index contributed by atoms with van der Waals surface area (Å²) in [5, 5.41) is 10.8. The van der Waals surface area contributed by atoms with E-state index in [0.29, 0.717) is 47.5 Å². The molecular formula is C32H49F5O2S. The molecule has 0 spiro atoms. The van der Waals surface area contributed by atoms with Gasteiger partial charge in [-0.05, 0) is 110 Å². The molecule has 4 rings (SSSR count). The number of hydrogen-bond acceptors (Lipinski definition) is 3. The topological polar surface area (TPSA) is 37.3 Å². The second kappa shape index (κ2) is 13.8. The number of ketones is 1. The number of aliphatic hydroxyl groups is 1. The number of halogens is 5. The van der Waals surface area contributed by atoms with Crippen LogP contribution >= 0.6 is 11.8 Å². The van der Waals surface area contributed by atoms with Crippen molar-refractivity contribution in [3.63, 3.8) is 0 Å². The molecule has 0 unspecified atom stereocenters. The number of hydrogen-bond donors (Lipinski definition) is 1. The van der Waals surface area contributed by atoms with E-state index in [1.807, 2.05) is 6.08 Å². The first-order valence-electron chi connectivity index (χ1n) is 15.9. The van der Waals surface area contributed by atoms with Gasteiger partial charge in [0.15, 0.2) is 5.78 Å². The van der Waals surface area contributed by atoms with E-state index in [1.54, 1.807) is 0 Å². The number of aliphatic hydroxyl groups excluding tert-OH is 1. The molecule has 0 aromatic rings. The molecule has 0 aliphatic heterocycles. The molecule has 0 aromatic carbocycles. The average molecular weight is 593 g/mol. The number of rotatable bonds is 14. The second-order valence-corrected chi connectivity index (χ2v) is 14.7. The Morgan fingerprint density at radius 2 is 1.60 bits per heavy atom. The van der Waals surface area contributed by atoms with E-state index in [-0.39, 0.29) is 17.9 Å². The highest BCUT2D eigenvalue weighted by molar-refractivity contribution is 7.99. The maximum atomic E-state index is 12.9. The lowest BCUT2D eigenvalue weighted by Gasteiger charge is -2.56. The Bertz CT molecular complexity index is 874. The Hall–Kier alpha value is -0.630. The van der Waals surface area contributed by atoms with Gasteiger partial charge in [0.25, 0.3) is 0 Å². The Morgan fingerprint density at radius 1 is 0.925 bits per heavy atom. The Morgan fingerprint density at radius 3 is 2.33 bits per heavy atom. The zero-order valence-electron chi connectivity index (χ0n) is 24.1. The summed E-state index contributed by atoms with van der Waals surface area (Å²) in [4.78, 5) is 12.2. The largest absolute Gasteiger partial charge is 0.453 e. The summed E-state index contributed by atoms with van der Waals surface area (Å²) < 4.78 is 62.4. The van der Waals surface area contributed by atoms with Gasteiger partial charge < -0.3 is 5.11 Å². The minimum Gasteiger partial charge on any atom is -0.393 e. The molecule has 7 atom stereocenters. The predicted octanol–water partition coefficient (Wildman–Crippen LogP) is 9.55. The molecule has 0 amide bonds. The van der Waals surface area contributed by atoms with Crippen molar-refractivity contribution in [2.24, 2.45) is 35.0 Å². The number of thioether (sulfide) groups is 1. The summed E-state index contributed by atoms with van der Waals surface area (Å²) in [6.07, 6.45) is 11.6. The summed E-state index contributed by atoms with van der Waals surface area (Å²) in [5.74, 6) is 0.0866. The number of carbonyl (C=O) groups is 1. The van der Waals surface area contributed by atoms with Crippen LogP contribution in [-0.4, -0.2) is 40.6 Å². The highest BCUT2D eigenvalue weighted by Crippen LogP contribution is 2.63. The van der Waals surface area contributed by atoms with Gasteiger partial charge in [-0.2, -0.15) is 33.7 Å². The van der Waals surface area contributed by atoms with Crippen molar-refractivity contribution in [2.75, 3.05) is 11.5 Å². The zero-order valence-corrected chi connectivity index (χ0v) is 24.9. The van der Waals surface area contributed by atoms with E-state index in [2.05, 4.69) is 6.92 Å². The zero-order chi connectivity index (χ0) is 29.0. The maximum Gasteiger partial charge on any atom is 0.453 e. The summed E-state index contributed by atoms with van der Waals surface area (Å²) in [6.45, 7) is 2.34. The molecule has 0 aromatic heterocycles. The first kappa shape index (κ1) is 32.3. The van der Waals surface area contributed by atoms with Gasteiger partial charge in [-0.3, -0.25) is 4.79 Å². The van der Waals surface area contributed by atoms with Crippen LogP contribution in [0.5, 0.6) is 0 Å². The number of alkyl halides is 5. The normalized spacial score (nSPS) is 34.3. The highest BCUT2D eigenvalue weighted by atomic mass is 32.2. The van der Waals surface area contributed by atoms with Crippen LogP contribution in [0.1, 0.15) is 116 Å². The molecule has 0 radical (unpaired) electrons. The second-order valence-electron chi connectivity index (χ2n) is 13.5. The standard InChI is InChI=1S/C32H49F5O2S/c1-30-17-15-26-25-12-11-24(38)21-23(25)20-22(29(26)27(30)13-14-28(30)39)10-7-5-3-2-4-6-8-18-40-19-9-16-31(33,34)32(35,36)37/h21-22,25-29,39H,2-20H2,1H3/t22-,25+,26-,27+,28+,29-,30+/m1/s1. The molecule has 0 heterocycles. The lowest BCUT2D eigenvalue weighted by atomic mass is 9.49. The Kier molecular flexibility index (Phi) is 11.1. The number of allylic oxidation sites excluding steroid dienone is 1. The fraction of sp³-hybridized carbons (Fsp3) is 0.906. The molecule has 4 aliphatic rings. The van der Waals surface area contributed by atoms with E-state index in [0.717, 1.165) is 57.1 Å². The number of unbranched alkanes of at least 4 members (excludes halogenated alkanes) is 6. The van der Waals surface area contributed by atoms with Crippen molar-refractivity contribution in [3.8, 4) is 0 Å². The van der Waals surface area contributed by atoms with E-state index in [9.17, 15) is 31.9 Å². The molecule has 3 fully saturated rings. The third-order valence-corrected chi connectivity index (χ3v) is 12.1. The molecule has 1 N–H and O–H groups in total. The van der Waals surface area contributed by atoms with Crippen LogP contribution in [0, 0.1) is 35.0 Å². The smallest absolute Gasteiger partial charge is 0.393 e. The quantitative estimate of drug-likeness (QED) is 0.161. The van der Waals surface area contributed by atoms with Crippen LogP contribution < -0.4 is 0 Å². The molecule has 0 saturated heterocycles. The van der Waals surface area contributed by atoms with E-state index in [1.165, 1.54) is 55.9 Å². The van der Waals surface area contributed by atoms with Gasteiger partial charge in [-0.15, -0.1) is 0 Å². The highest BCUT2D eigenvalue weighted by Gasteiger charge is 2.58. The molecular weight excluding hydrogens is 543 g/mol. The lowest BCUT2D eigenvalue weighted by molar-refractivity contribution is -0.284. The monoisotopic (exact) mass is 592 g/mol. The van der Waals surface area contributed by atoms with Crippen molar-refractivity contribution in [1.29, 1.82) is 0 Å². The van der Waals surface area contributed by atoms with Crippen LogP contribution in [-0.2, 0) is 4.79 Å². The van der Waals surface area contributed by atoms with Crippen LogP contribution in [0.15, 0.2) is 11.6 Å². The van der Waals surface area contributed by atoms with Crippen LogP contribution in [0.25, 0.3) is 0 Å². The molecule has 40 heavy (non-hydrogen) atoms. The van der Waals surface area contributed by atoms with Gasteiger partial charge in [0, 0.05) is 12.8 Å². The fourth-order valence-corrected chi connectivity index (χ4v) is 9.74. The molecule has 4 aliphatic carbocycles. The summed E-state index contributed by atoms with van der Waals surface area (Å²) in [7, 11) is 0. The molecule has 0 bridgehead atoms. The third kappa shape index (κ3) is 7.47. The molecule has 3 saturated carbocycles. The minimum absolute atomic E-state index is 0.0670. The van der Waals surface area contributed by atoms with Crippen LogP contribution in [0.4, 0.5) is 22.0 Å². The van der Waals surface area contributed by atoms with Gasteiger partial charge in [0.05, 0.1) is 6.10 Å². The van der Waals surface area contributed by atoms with E-state index in [4.69, 9.17) is 0 Å². The van der Waals surface area contributed by atoms with Crippen molar-refractivity contribution in [2.45, 2.75) is 134 Å². The van der Waals surface area contributed by atoms with E-state index >= 15 is 0 Å².